The lowest BCUT2D eigenvalue weighted by atomic mass is 10.1. The first kappa shape index (κ1) is 13.5. The van der Waals surface area contributed by atoms with Crippen LogP contribution in [-0.2, 0) is 13.1 Å². The van der Waals surface area contributed by atoms with Gasteiger partial charge in [-0.1, -0.05) is 6.07 Å². The maximum atomic E-state index is 6.21. The van der Waals surface area contributed by atoms with Crippen LogP contribution < -0.4 is 5.73 Å². The van der Waals surface area contributed by atoms with Crippen molar-refractivity contribution in [3.05, 3.63) is 30.0 Å². The number of anilines is 1. The lowest BCUT2D eigenvalue weighted by molar-refractivity contribution is 0.148. The molecule has 0 spiro atoms. The van der Waals surface area contributed by atoms with E-state index in [1.165, 1.54) is 16.5 Å². The standard InChI is InChI=1S/C16H24N4/c1-3-20-12-13(11-19-9-7-18(2)8-10-19)16-14(17)5-4-6-15(16)20/h4-6,12H,3,7-11,17H2,1-2H3. The largest absolute Gasteiger partial charge is 0.398 e. The molecule has 1 saturated heterocycles. The molecule has 1 aliphatic heterocycles. The maximum absolute atomic E-state index is 6.21. The summed E-state index contributed by atoms with van der Waals surface area (Å²) >= 11 is 0. The van der Waals surface area contributed by atoms with Crippen molar-refractivity contribution < 1.29 is 0 Å². The van der Waals surface area contributed by atoms with E-state index in [4.69, 9.17) is 5.73 Å². The summed E-state index contributed by atoms with van der Waals surface area (Å²) in [6.07, 6.45) is 2.28. The molecule has 108 valence electrons. The van der Waals surface area contributed by atoms with Gasteiger partial charge in [0.25, 0.3) is 0 Å². The van der Waals surface area contributed by atoms with E-state index in [1.54, 1.807) is 0 Å². The average molecular weight is 272 g/mol. The van der Waals surface area contributed by atoms with Gasteiger partial charge in [0.05, 0.1) is 5.52 Å². The van der Waals surface area contributed by atoms with E-state index in [0.29, 0.717) is 0 Å². The zero-order chi connectivity index (χ0) is 14.1. The minimum Gasteiger partial charge on any atom is -0.398 e. The average Bonchev–Trinajstić information content (AvgIpc) is 2.81. The highest BCUT2D eigenvalue weighted by molar-refractivity contribution is 5.94. The van der Waals surface area contributed by atoms with Gasteiger partial charge in [0.15, 0.2) is 0 Å². The van der Waals surface area contributed by atoms with Gasteiger partial charge in [-0.15, -0.1) is 0 Å². The van der Waals surface area contributed by atoms with E-state index in [1.807, 2.05) is 12.1 Å². The normalized spacial score (nSPS) is 17.9. The number of nitrogens with two attached hydrogens (primary N) is 1. The third-order valence-electron chi connectivity index (χ3n) is 4.35. The first-order chi connectivity index (χ1) is 9.69. The van der Waals surface area contributed by atoms with Crippen LogP contribution in [0.4, 0.5) is 5.69 Å². The Morgan fingerprint density at radius 1 is 1.15 bits per heavy atom. The monoisotopic (exact) mass is 272 g/mol. The Kier molecular flexibility index (Phi) is 3.68. The number of likely N-dealkylation sites (N-methyl/N-ethyl adjacent to an activating group) is 1. The second-order valence-corrected chi connectivity index (χ2v) is 5.76. The van der Waals surface area contributed by atoms with Gasteiger partial charge in [-0.2, -0.15) is 0 Å². The second kappa shape index (κ2) is 5.46. The van der Waals surface area contributed by atoms with Crippen LogP contribution >= 0.6 is 0 Å². The fraction of sp³-hybridized carbons (Fsp3) is 0.500. The fourth-order valence-electron chi connectivity index (χ4n) is 3.10. The molecule has 0 amide bonds. The molecular formula is C16H24N4. The molecule has 0 aliphatic carbocycles. The van der Waals surface area contributed by atoms with E-state index < -0.39 is 0 Å². The van der Waals surface area contributed by atoms with Crippen molar-refractivity contribution in [2.24, 2.45) is 0 Å². The molecule has 2 heterocycles. The summed E-state index contributed by atoms with van der Waals surface area (Å²) in [5.41, 5.74) is 9.74. The third kappa shape index (κ3) is 2.41. The highest BCUT2D eigenvalue weighted by atomic mass is 15.2. The zero-order valence-electron chi connectivity index (χ0n) is 12.5. The van der Waals surface area contributed by atoms with Crippen LogP contribution in [0.5, 0.6) is 0 Å². The summed E-state index contributed by atoms with van der Waals surface area (Å²) in [5, 5.41) is 1.24. The molecule has 0 unspecified atom stereocenters. The van der Waals surface area contributed by atoms with Gasteiger partial charge in [0.1, 0.15) is 0 Å². The van der Waals surface area contributed by atoms with E-state index in [9.17, 15) is 0 Å². The molecular weight excluding hydrogens is 248 g/mol. The molecule has 1 aromatic heterocycles. The minimum atomic E-state index is 0.902. The van der Waals surface area contributed by atoms with Gasteiger partial charge in [-0.25, -0.2) is 0 Å². The van der Waals surface area contributed by atoms with Crippen molar-refractivity contribution in [2.75, 3.05) is 39.0 Å². The minimum absolute atomic E-state index is 0.902. The Labute approximate surface area is 120 Å². The Morgan fingerprint density at radius 3 is 2.60 bits per heavy atom. The number of piperazine rings is 1. The van der Waals surface area contributed by atoms with E-state index in [2.05, 4.69) is 40.6 Å². The summed E-state index contributed by atoms with van der Waals surface area (Å²) < 4.78 is 2.30. The molecule has 0 atom stereocenters. The van der Waals surface area contributed by atoms with Crippen LogP contribution in [0.1, 0.15) is 12.5 Å². The van der Waals surface area contributed by atoms with E-state index in [-0.39, 0.29) is 0 Å². The topological polar surface area (TPSA) is 37.4 Å². The molecule has 3 rings (SSSR count). The third-order valence-corrected chi connectivity index (χ3v) is 4.35. The van der Waals surface area contributed by atoms with Gasteiger partial charge in [-0.05, 0) is 31.7 Å². The van der Waals surface area contributed by atoms with Crippen LogP contribution in [0, 0.1) is 0 Å². The van der Waals surface area contributed by atoms with Gasteiger partial charge in [0, 0.05) is 56.5 Å². The molecule has 4 nitrogen and oxygen atoms in total. The lowest BCUT2D eigenvalue weighted by Gasteiger charge is -2.32. The predicted molar refractivity (Wildman–Crippen MR) is 84.8 cm³/mol. The van der Waals surface area contributed by atoms with Gasteiger partial charge >= 0.3 is 0 Å². The van der Waals surface area contributed by atoms with Crippen molar-refractivity contribution in [1.29, 1.82) is 0 Å². The maximum Gasteiger partial charge on any atom is 0.0504 e. The van der Waals surface area contributed by atoms with Crippen LogP contribution in [0.3, 0.4) is 0 Å². The number of nitrogen functional groups attached to an aromatic ring is 1. The smallest absolute Gasteiger partial charge is 0.0504 e. The van der Waals surface area contributed by atoms with Crippen molar-refractivity contribution in [3.8, 4) is 0 Å². The van der Waals surface area contributed by atoms with E-state index >= 15 is 0 Å². The van der Waals surface area contributed by atoms with E-state index in [0.717, 1.165) is 45.0 Å². The molecule has 1 fully saturated rings. The quantitative estimate of drug-likeness (QED) is 0.868. The molecule has 0 saturated carbocycles. The number of aryl methyl sites for hydroxylation is 1. The Balaban J connectivity index is 1.91. The summed E-state index contributed by atoms with van der Waals surface area (Å²) in [6, 6.07) is 6.22. The lowest BCUT2D eigenvalue weighted by Crippen LogP contribution is -2.43. The SMILES string of the molecule is CCn1cc(CN2CCN(C)CC2)c2c(N)cccc21. The summed E-state index contributed by atoms with van der Waals surface area (Å²) in [4.78, 5) is 4.92. The van der Waals surface area contributed by atoms with Crippen LogP contribution in [0.15, 0.2) is 24.4 Å². The van der Waals surface area contributed by atoms with Crippen LogP contribution in [0.2, 0.25) is 0 Å². The van der Waals surface area contributed by atoms with Crippen molar-refractivity contribution in [3.63, 3.8) is 0 Å². The Morgan fingerprint density at radius 2 is 1.90 bits per heavy atom. The highest BCUT2D eigenvalue weighted by Gasteiger charge is 2.17. The van der Waals surface area contributed by atoms with Gasteiger partial charge < -0.3 is 15.2 Å². The first-order valence-corrected chi connectivity index (χ1v) is 7.46. The zero-order valence-corrected chi connectivity index (χ0v) is 12.5. The molecule has 1 aliphatic rings. The first-order valence-electron chi connectivity index (χ1n) is 7.46. The van der Waals surface area contributed by atoms with Crippen molar-refractivity contribution in [1.82, 2.24) is 14.4 Å². The number of rotatable bonds is 3. The molecule has 1 aromatic carbocycles. The fourth-order valence-corrected chi connectivity index (χ4v) is 3.10. The highest BCUT2D eigenvalue weighted by Crippen LogP contribution is 2.28. The Hall–Kier alpha value is -1.52. The molecule has 4 heteroatoms. The number of aromatic nitrogens is 1. The number of hydrogen-bond donors (Lipinski definition) is 1. The number of hydrogen-bond acceptors (Lipinski definition) is 3. The predicted octanol–water partition coefficient (Wildman–Crippen LogP) is 1.99. The van der Waals surface area contributed by atoms with Crippen molar-refractivity contribution >= 4 is 16.6 Å². The second-order valence-electron chi connectivity index (χ2n) is 5.76. The molecule has 2 aromatic rings. The summed E-state index contributed by atoms with van der Waals surface area (Å²) in [5.74, 6) is 0. The van der Waals surface area contributed by atoms with Crippen molar-refractivity contribution in [2.45, 2.75) is 20.0 Å². The van der Waals surface area contributed by atoms with Crippen LogP contribution in [-0.4, -0.2) is 47.6 Å². The van der Waals surface area contributed by atoms with Gasteiger partial charge in [-0.3, -0.25) is 4.90 Å². The molecule has 20 heavy (non-hydrogen) atoms. The molecule has 0 radical (unpaired) electrons. The van der Waals surface area contributed by atoms with Gasteiger partial charge in [0.2, 0.25) is 0 Å². The number of fused-ring (bicyclic) bond motifs is 1. The number of benzene rings is 1. The van der Waals surface area contributed by atoms with Crippen LogP contribution in [0.25, 0.3) is 10.9 Å². The molecule has 2 N–H and O–H groups in total. The Bertz CT molecular complexity index is 594. The molecule has 0 bridgehead atoms. The number of nitrogens with zero attached hydrogens (tertiary/aromatic N) is 3. The summed E-state index contributed by atoms with van der Waals surface area (Å²) in [6.45, 7) is 8.77. The summed E-state index contributed by atoms with van der Waals surface area (Å²) in [7, 11) is 2.19.